The summed E-state index contributed by atoms with van der Waals surface area (Å²) in [6.07, 6.45) is 0. The highest BCUT2D eigenvalue weighted by Gasteiger charge is 2.22. The topological polar surface area (TPSA) is 51.8 Å². The van der Waals surface area contributed by atoms with E-state index in [9.17, 15) is 0 Å². The van der Waals surface area contributed by atoms with Gasteiger partial charge in [0, 0.05) is 47.6 Å². The monoisotopic (exact) mass is 657 g/mol. The smallest absolute Gasteiger partial charge is 0.167 e. The fourth-order valence-electron chi connectivity index (χ4n) is 7.08. The summed E-state index contributed by atoms with van der Waals surface area (Å²) in [5.41, 5.74) is 9.06. The quantitative estimate of drug-likeness (QED) is 0.185. The second-order valence-electron chi connectivity index (χ2n) is 12.3. The first-order chi connectivity index (χ1) is 24.8. The summed E-state index contributed by atoms with van der Waals surface area (Å²) in [6.45, 7) is 0. The summed E-state index contributed by atoms with van der Waals surface area (Å²) < 4.78 is 9.30. The molecule has 0 bridgehead atoms. The van der Waals surface area contributed by atoms with Gasteiger partial charge in [0.1, 0.15) is 11.2 Å². The van der Waals surface area contributed by atoms with Crippen LogP contribution in [0.15, 0.2) is 168 Å². The number of rotatable bonds is 5. The maximum Gasteiger partial charge on any atom is 0.167 e. The van der Waals surface area contributed by atoms with Crippen molar-refractivity contribution in [3.8, 4) is 56.4 Å². The van der Waals surface area contributed by atoms with E-state index in [0.29, 0.717) is 17.5 Å². The van der Waals surface area contributed by atoms with Crippen LogP contribution in [0, 0.1) is 0 Å². The Hall–Kier alpha value is -6.43. The molecule has 234 valence electrons. The summed E-state index contributed by atoms with van der Waals surface area (Å²) in [7, 11) is 0. The van der Waals surface area contributed by atoms with Crippen LogP contribution in [0.25, 0.3) is 98.5 Å². The standard InChI is InChI=1S/C45H27N3OS/c1-4-14-28(15-5-1)31-26-27-33(42-40(31)34-20-10-11-25-38(34)50-42)32-21-13-24-37-39(32)35-22-12-23-36(41(35)49-37)45-47-43(29-16-6-2-7-17-29)46-44(48-45)30-18-8-3-9-19-30/h1-27H. The van der Waals surface area contributed by atoms with Crippen molar-refractivity contribution in [1.29, 1.82) is 0 Å². The van der Waals surface area contributed by atoms with E-state index in [2.05, 4.69) is 97.1 Å². The van der Waals surface area contributed by atoms with Gasteiger partial charge in [-0.2, -0.15) is 0 Å². The Bertz CT molecular complexity index is 2800. The summed E-state index contributed by atoms with van der Waals surface area (Å²) in [6, 6.07) is 56.7. The second kappa shape index (κ2) is 11.6. The van der Waals surface area contributed by atoms with E-state index in [1.165, 1.54) is 36.9 Å². The van der Waals surface area contributed by atoms with E-state index >= 15 is 0 Å². The summed E-state index contributed by atoms with van der Waals surface area (Å²) in [5, 5.41) is 4.67. The molecule has 0 atom stereocenters. The molecule has 0 aliphatic rings. The van der Waals surface area contributed by atoms with Crippen molar-refractivity contribution < 1.29 is 4.42 Å². The van der Waals surface area contributed by atoms with Gasteiger partial charge in [-0.05, 0) is 34.9 Å². The Morgan fingerprint density at radius 1 is 0.380 bits per heavy atom. The molecule has 0 amide bonds. The van der Waals surface area contributed by atoms with Crippen LogP contribution in [0.3, 0.4) is 0 Å². The van der Waals surface area contributed by atoms with E-state index < -0.39 is 0 Å². The fraction of sp³-hybridized carbons (Fsp3) is 0. The van der Waals surface area contributed by atoms with Gasteiger partial charge >= 0.3 is 0 Å². The van der Waals surface area contributed by atoms with Crippen LogP contribution in [0.1, 0.15) is 0 Å². The number of para-hydroxylation sites is 1. The molecule has 0 radical (unpaired) electrons. The Labute approximate surface area is 292 Å². The first-order valence-corrected chi connectivity index (χ1v) is 17.4. The number of hydrogen-bond donors (Lipinski definition) is 0. The molecular formula is C45H27N3OS. The van der Waals surface area contributed by atoms with Gasteiger partial charge in [0.2, 0.25) is 0 Å². The Morgan fingerprint density at radius 3 is 1.66 bits per heavy atom. The molecule has 0 fully saturated rings. The normalized spacial score (nSPS) is 11.6. The maximum atomic E-state index is 6.76. The zero-order valence-corrected chi connectivity index (χ0v) is 27.6. The number of hydrogen-bond acceptors (Lipinski definition) is 5. The number of furan rings is 1. The number of aromatic nitrogens is 3. The molecule has 0 saturated carbocycles. The summed E-state index contributed by atoms with van der Waals surface area (Å²) in [5.74, 6) is 1.81. The lowest BCUT2D eigenvalue weighted by Crippen LogP contribution is -2.00. The molecular weight excluding hydrogens is 631 g/mol. The molecule has 0 unspecified atom stereocenters. The third-order valence-electron chi connectivity index (χ3n) is 9.36. The minimum atomic E-state index is 0.572. The van der Waals surface area contributed by atoms with Crippen LogP contribution in [0.4, 0.5) is 0 Å². The van der Waals surface area contributed by atoms with E-state index in [1.807, 2.05) is 78.1 Å². The summed E-state index contributed by atoms with van der Waals surface area (Å²) >= 11 is 1.85. The van der Waals surface area contributed by atoms with Crippen LogP contribution in [0.5, 0.6) is 0 Å². The van der Waals surface area contributed by atoms with Crippen molar-refractivity contribution in [3.05, 3.63) is 164 Å². The molecule has 0 aliphatic heterocycles. The van der Waals surface area contributed by atoms with Crippen molar-refractivity contribution in [2.45, 2.75) is 0 Å². The Kier molecular flexibility index (Phi) is 6.64. The first-order valence-electron chi connectivity index (χ1n) is 16.6. The largest absolute Gasteiger partial charge is 0.455 e. The molecule has 50 heavy (non-hydrogen) atoms. The predicted octanol–water partition coefficient (Wildman–Crippen LogP) is 12.5. The molecule has 0 saturated heterocycles. The van der Waals surface area contributed by atoms with Gasteiger partial charge in [0.05, 0.1) is 5.56 Å². The van der Waals surface area contributed by atoms with Crippen molar-refractivity contribution >= 4 is 53.4 Å². The number of fused-ring (bicyclic) bond motifs is 6. The number of thiophene rings is 1. The highest BCUT2D eigenvalue weighted by molar-refractivity contribution is 7.26. The first kappa shape index (κ1) is 28.6. The van der Waals surface area contributed by atoms with Crippen LogP contribution in [-0.2, 0) is 0 Å². The Morgan fingerprint density at radius 2 is 0.940 bits per heavy atom. The Balaban J connectivity index is 1.22. The minimum Gasteiger partial charge on any atom is -0.455 e. The van der Waals surface area contributed by atoms with Crippen molar-refractivity contribution in [2.75, 3.05) is 0 Å². The van der Waals surface area contributed by atoms with E-state index in [-0.39, 0.29) is 0 Å². The second-order valence-corrected chi connectivity index (χ2v) is 13.4. The zero-order valence-electron chi connectivity index (χ0n) is 26.7. The molecule has 3 aromatic heterocycles. The van der Waals surface area contributed by atoms with Crippen LogP contribution >= 0.6 is 11.3 Å². The molecule has 0 N–H and O–H groups in total. The predicted molar refractivity (Wildman–Crippen MR) is 207 cm³/mol. The minimum absolute atomic E-state index is 0.572. The molecule has 7 aromatic carbocycles. The molecule has 3 heterocycles. The molecule has 0 aliphatic carbocycles. The van der Waals surface area contributed by atoms with Gasteiger partial charge < -0.3 is 4.42 Å². The lowest BCUT2D eigenvalue weighted by atomic mass is 9.93. The summed E-state index contributed by atoms with van der Waals surface area (Å²) in [4.78, 5) is 14.9. The van der Waals surface area contributed by atoms with Crippen molar-refractivity contribution in [2.24, 2.45) is 0 Å². The van der Waals surface area contributed by atoms with Crippen LogP contribution in [0.2, 0.25) is 0 Å². The molecule has 0 spiro atoms. The van der Waals surface area contributed by atoms with Crippen molar-refractivity contribution in [3.63, 3.8) is 0 Å². The van der Waals surface area contributed by atoms with Gasteiger partial charge in [-0.25, -0.2) is 15.0 Å². The highest BCUT2D eigenvalue weighted by Crippen LogP contribution is 2.47. The number of nitrogens with zero attached hydrogens (tertiary/aromatic N) is 3. The highest BCUT2D eigenvalue weighted by atomic mass is 32.1. The molecule has 5 heteroatoms. The lowest BCUT2D eigenvalue weighted by Gasteiger charge is -2.10. The third kappa shape index (κ3) is 4.63. The SMILES string of the molecule is c1ccc(-c2nc(-c3ccccc3)nc(-c3cccc4c3oc3cccc(-c5ccc(-c6ccccc6)c6c5sc5ccccc56)c34)n2)cc1. The average Bonchev–Trinajstić information content (AvgIpc) is 3.78. The molecule has 4 nitrogen and oxygen atoms in total. The van der Waals surface area contributed by atoms with Gasteiger partial charge in [0.25, 0.3) is 0 Å². The number of benzene rings is 7. The van der Waals surface area contributed by atoms with E-state index in [1.54, 1.807) is 0 Å². The van der Waals surface area contributed by atoms with Gasteiger partial charge in [-0.3, -0.25) is 0 Å². The van der Waals surface area contributed by atoms with Gasteiger partial charge in [0.15, 0.2) is 17.5 Å². The van der Waals surface area contributed by atoms with E-state index in [4.69, 9.17) is 19.4 Å². The average molecular weight is 658 g/mol. The zero-order chi connectivity index (χ0) is 33.0. The molecule has 10 rings (SSSR count). The van der Waals surface area contributed by atoms with Crippen LogP contribution in [-0.4, -0.2) is 15.0 Å². The van der Waals surface area contributed by atoms with Gasteiger partial charge in [-0.1, -0.05) is 146 Å². The van der Waals surface area contributed by atoms with E-state index in [0.717, 1.165) is 44.2 Å². The van der Waals surface area contributed by atoms with Gasteiger partial charge in [-0.15, -0.1) is 11.3 Å². The molecule has 10 aromatic rings. The maximum absolute atomic E-state index is 6.76. The third-order valence-corrected chi connectivity index (χ3v) is 10.6. The van der Waals surface area contributed by atoms with Crippen LogP contribution < -0.4 is 0 Å². The fourth-order valence-corrected chi connectivity index (χ4v) is 8.33. The van der Waals surface area contributed by atoms with Crippen molar-refractivity contribution in [1.82, 2.24) is 15.0 Å². The lowest BCUT2D eigenvalue weighted by molar-refractivity contribution is 0.669.